The molecule has 102 valence electrons. The van der Waals surface area contributed by atoms with Crippen LogP contribution in [0.5, 0.6) is 0 Å². The minimum absolute atomic E-state index is 0.593. The first-order valence-corrected chi connectivity index (χ1v) is 8.15. The van der Waals surface area contributed by atoms with Crippen molar-refractivity contribution in [2.45, 2.75) is 32.2 Å². The van der Waals surface area contributed by atoms with E-state index in [1.165, 1.54) is 19.3 Å². The van der Waals surface area contributed by atoms with Crippen molar-refractivity contribution in [3.05, 3.63) is 6.20 Å². The van der Waals surface area contributed by atoms with Crippen LogP contribution in [-0.4, -0.2) is 34.8 Å². The predicted molar refractivity (Wildman–Crippen MR) is 81.2 cm³/mol. The van der Waals surface area contributed by atoms with Crippen LogP contribution in [0.1, 0.15) is 26.2 Å². The number of anilines is 2. The normalized spacial score (nSPS) is 19.7. The van der Waals surface area contributed by atoms with Gasteiger partial charge in [-0.2, -0.15) is 0 Å². The van der Waals surface area contributed by atoms with Crippen molar-refractivity contribution < 1.29 is 0 Å². The molecule has 7 heteroatoms. The van der Waals surface area contributed by atoms with Crippen LogP contribution in [-0.2, 0) is 0 Å². The minimum atomic E-state index is 0.593. The van der Waals surface area contributed by atoms with Gasteiger partial charge in [0.2, 0.25) is 5.13 Å². The van der Waals surface area contributed by atoms with Gasteiger partial charge in [0.1, 0.15) is 0 Å². The molecule has 1 N–H and O–H groups in total. The molecule has 2 aromatic rings. The number of piperidine rings is 1. The van der Waals surface area contributed by atoms with Crippen LogP contribution < -0.4 is 10.2 Å². The van der Waals surface area contributed by atoms with E-state index >= 15 is 0 Å². The molecule has 0 saturated carbocycles. The lowest BCUT2D eigenvalue weighted by Crippen LogP contribution is -2.37. The first-order valence-electron chi connectivity index (χ1n) is 6.52. The quantitative estimate of drug-likeness (QED) is 0.943. The fourth-order valence-corrected chi connectivity index (χ4v) is 4.08. The summed E-state index contributed by atoms with van der Waals surface area (Å²) in [5, 5.41) is 14.2. The van der Waals surface area contributed by atoms with Crippen molar-refractivity contribution in [2.24, 2.45) is 0 Å². The zero-order valence-electron chi connectivity index (χ0n) is 11.1. The standard InChI is InChI=1S/C12H17N5S2/c1-8-5-3-4-6-17(8)12-14-7-9(18-12)10-15-16-11(13-2)19-10/h7-8H,3-6H2,1-2H3,(H,13,16). The largest absolute Gasteiger partial charge is 0.363 e. The highest BCUT2D eigenvalue weighted by atomic mass is 32.1. The molecular formula is C12H17N5S2. The first-order chi connectivity index (χ1) is 9.28. The number of aromatic nitrogens is 3. The molecule has 3 heterocycles. The van der Waals surface area contributed by atoms with Crippen LogP contribution in [0.25, 0.3) is 9.88 Å². The van der Waals surface area contributed by atoms with E-state index in [4.69, 9.17) is 0 Å². The highest BCUT2D eigenvalue weighted by Gasteiger charge is 2.21. The van der Waals surface area contributed by atoms with Crippen LogP contribution in [0.15, 0.2) is 6.20 Å². The Hall–Kier alpha value is -1.21. The fraction of sp³-hybridized carbons (Fsp3) is 0.583. The second-order valence-corrected chi connectivity index (χ2v) is 6.69. The number of hydrogen-bond donors (Lipinski definition) is 1. The Labute approximate surface area is 120 Å². The molecular weight excluding hydrogens is 278 g/mol. The van der Waals surface area contributed by atoms with Gasteiger partial charge in [0.05, 0.1) is 11.1 Å². The summed E-state index contributed by atoms with van der Waals surface area (Å²) in [6.07, 6.45) is 5.78. The van der Waals surface area contributed by atoms with Crippen molar-refractivity contribution in [2.75, 3.05) is 23.8 Å². The Balaban J connectivity index is 1.82. The summed E-state index contributed by atoms with van der Waals surface area (Å²) < 4.78 is 0. The van der Waals surface area contributed by atoms with Crippen molar-refractivity contribution in [1.82, 2.24) is 15.2 Å². The molecule has 19 heavy (non-hydrogen) atoms. The van der Waals surface area contributed by atoms with Crippen LogP contribution in [0, 0.1) is 0 Å². The average molecular weight is 295 g/mol. The lowest BCUT2D eigenvalue weighted by atomic mass is 10.1. The zero-order valence-corrected chi connectivity index (χ0v) is 12.7. The molecule has 5 nitrogen and oxygen atoms in total. The van der Waals surface area contributed by atoms with E-state index in [9.17, 15) is 0 Å². The minimum Gasteiger partial charge on any atom is -0.363 e. The molecule has 0 bridgehead atoms. The van der Waals surface area contributed by atoms with Crippen LogP contribution in [0.4, 0.5) is 10.3 Å². The van der Waals surface area contributed by atoms with Crippen molar-refractivity contribution in [3.63, 3.8) is 0 Å². The second kappa shape index (κ2) is 5.42. The summed E-state index contributed by atoms with van der Waals surface area (Å²) in [7, 11) is 1.86. The Bertz CT molecular complexity index is 550. The Morgan fingerprint density at radius 3 is 2.95 bits per heavy atom. The number of nitrogens with one attached hydrogen (secondary N) is 1. The second-order valence-electron chi connectivity index (χ2n) is 4.71. The fourth-order valence-electron chi connectivity index (χ4n) is 2.30. The molecule has 2 aromatic heterocycles. The predicted octanol–water partition coefficient (Wildman–Crippen LogP) is 3.08. The molecule has 3 rings (SSSR count). The maximum absolute atomic E-state index is 4.56. The maximum atomic E-state index is 4.56. The Morgan fingerprint density at radius 2 is 2.21 bits per heavy atom. The van der Waals surface area contributed by atoms with Crippen molar-refractivity contribution >= 4 is 32.9 Å². The summed E-state index contributed by atoms with van der Waals surface area (Å²) in [5.74, 6) is 0. The molecule has 0 spiro atoms. The van der Waals surface area contributed by atoms with E-state index in [1.54, 1.807) is 22.7 Å². The number of rotatable bonds is 3. The summed E-state index contributed by atoms with van der Waals surface area (Å²) in [4.78, 5) is 8.08. The van der Waals surface area contributed by atoms with Gasteiger partial charge >= 0.3 is 0 Å². The zero-order chi connectivity index (χ0) is 13.2. The monoisotopic (exact) mass is 295 g/mol. The lowest BCUT2D eigenvalue weighted by molar-refractivity contribution is 0.484. The van der Waals surface area contributed by atoms with Gasteiger partial charge in [-0.25, -0.2) is 4.98 Å². The molecule has 1 aliphatic heterocycles. The summed E-state index contributed by atoms with van der Waals surface area (Å²) in [5.41, 5.74) is 0. The van der Waals surface area contributed by atoms with Gasteiger partial charge in [0.15, 0.2) is 10.1 Å². The smallest absolute Gasteiger partial charge is 0.205 e. The third kappa shape index (κ3) is 2.57. The van der Waals surface area contributed by atoms with Gasteiger partial charge in [-0.05, 0) is 26.2 Å². The van der Waals surface area contributed by atoms with E-state index < -0.39 is 0 Å². The number of hydrogen-bond acceptors (Lipinski definition) is 7. The summed E-state index contributed by atoms with van der Waals surface area (Å²) >= 11 is 3.28. The molecule has 1 unspecified atom stereocenters. The van der Waals surface area contributed by atoms with Gasteiger partial charge in [0, 0.05) is 19.6 Å². The maximum Gasteiger partial charge on any atom is 0.205 e. The van der Waals surface area contributed by atoms with E-state index in [0.717, 1.165) is 26.7 Å². The third-order valence-corrected chi connectivity index (χ3v) is 5.54. The van der Waals surface area contributed by atoms with Gasteiger partial charge in [-0.15, -0.1) is 10.2 Å². The Morgan fingerprint density at radius 1 is 1.32 bits per heavy atom. The number of thiazole rings is 1. The molecule has 1 saturated heterocycles. The van der Waals surface area contributed by atoms with E-state index in [-0.39, 0.29) is 0 Å². The van der Waals surface area contributed by atoms with Crippen LogP contribution in [0.2, 0.25) is 0 Å². The molecule has 1 aliphatic rings. The van der Waals surface area contributed by atoms with E-state index in [0.29, 0.717) is 6.04 Å². The topological polar surface area (TPSA) is 53.9 Å². The lowest BCUT2D eigenvalue weighted by Gasteiger charge is -2.32. The molecule has 1 fully saturated rings. The SMILES string of the molecule is CNc1nnc(-c2cnc(N3CCCCC3C)s2)s1. The third-order valence-electron chi connectivity index (χ3n) is 3.39. The highest BCUT2D eigenvalue weighted by Crippen LogP contribution is 2.35. The average Bonchev–Trinajstić information content (AvgIpc) is 3.08. The van der Waals surface area contributed by atoms with Crippen molar-refractivity contribution in [1.29, 1.82) is 0 Å². The molecule has 0 amide bonds. The number of nitrogens with zero attached hydrogens (tertiary/aromatic N) is 4. The first kappa shape index (κ1) is 12.8. The molecule has 0 aliphatic carbocycles. The van der Waals surface area contributed by atoms with Gasteiger partial charge < -0.3 is 10.2 Å². The van der Waals surface area contributed by atoms with Crippen LogP contribution >= 0.6 is 22.7 Å². The van der Waals surface area contributed by atoms with E-state index in [2.05, 4.69) is 32.3 Å². The van der Waals surface area contributed by atoms with Crippen LogP contribution in [0.3, 0.4) is 0 Å². The molecule has 0 radical (unpaired) electrons. The Kier molecular flexibility index (Phi) is 3.65. The van der Waals surface area contributed by atoms with E-state index in [1.807, 2.05) is 13.2 Å². The highest BCUT2D eigenvalue weighted by molar-refractivity contribution is 7.25. The summed E-state index contributed by atoms with van der Waals surface area (Å²) in [6.45, 7) is 3.40. The summed E-state index contributed by atoms with van der Waals surface area (Å²) in [6, 6.07) is 0.593. The molecule has 1 atom stereocenters. The van der Waals surface area contributed by atoms with Gasteiger partial charge in [-0.3, -0.25) is 0 Å². The molecule has 0 aromatic carbocycles. The van der Waals surface area contributed by atoms with Gasteiger partial charge in [0.25, 0.3) is 0 Å². The van der Waals surface area contributed by atoms with Crippen molar-refractivity contribution in [3.8, 4) is 9.88 Å². The van der Waals surface area contributed by atoms with Gasteiger partial charge in [-0.1, -0.05) is 22.7 Å².